The van der Waals surface area contributed by atoms with Gasteiger partial charge in [-0.3, -0.25) is 39.0 Å². The molecule has 1 saturated heterocycles. The molecule has 0 radical (unpaired) electrons. The van der Waals surface area contributed by atoms with Gasteiger partial charge in [0.2, 0.25) is 23.6 Å². The van der Waals surface area contributed by atoms with E-state index in [9.17, 15) is 41.9 Å². The van der Waals surface area contributed by atoms with E-state index in [1.54, 1.807) is 11.0 Å². The molecule has 5 N–H and O–H groups in total. The smallest absolute Gasteiger partial charge is 0.406 e. The molecule has 2 unspecified atom stereocenters. The van der Waals surface area contributed by atoms with Crippen molar-refractivity contribution in [1.29, 1.82) is 0 Å². The number of imide groups is 2. The van der Waals surface area contributed by atoms with E-state index in [4.69, 9.17) is 5.73 Å². The van der Waals surface area contributed by atoms with Crippen molar-refractivity contribution in [1.82, 2.24) is 30.1 Å². The first-order chi connectivity index (χ1) is 31.6. The number of piperidine rings is 1. The first kappa shape index (κ1) is 45.2. The number of halogens is 4. The number of aryl methyl sites for hydroxylation is 1. The fourth-order valence-corrected chi connectivity index (χ4v) is 8.68. The van der Waals surface area contributed by atoms with Crippen molar-refractivity contribution in [3.8, 4) is 16.9 Å². The van der Waals surface area contributed by atoms with Crippen molar-refractivity contribution >= 4 is 63.7 Å². The summed E-state index contributed by atoms with van der Waals surface area (Å²) in [5, 5.41) is 8.75. The topological polar surface area (TPSA) is 211 Å². The molecule has 6 amide bonds. The van der Waals surface area contributed by atoms with Crippen molar-refractivity contribution < 1.29 is 51.1 Å². The van der Waals surface area contributed by atoms with Crippen LogP contribution in [0.25, 0.3) is 22.2 Å². The summed E-state index contributed by atoms with van der Waals surface area (Å²) >= 11 is 0. The molecule has 5 heterocycles. The number of carbonyl (C=O) groups excluding carboxylic acids is 6. The summed E-state index contributed by atoms with van der Waals surface area (Å²) in [6, 6.07) is 12.2. The number of benzene rings is 3. The van der Waals surface area contributed by atoms with Gasteiger partial charge in [0.25, 0.3) is 11.8 Å². The van der Waals surface area contributed by atoms with E-state index < -0.39 is 47.6 Å². The molecule has 2 atom stereocenters. The maximum Gasteiger partial charge on any atom is 0.573 e. The standard InChI is InChI=1S/C46H45F4N9O7/c1-25(6-2-3-14-52-34-22-31-30(21-33(34)47)44(64)59(45(31)65)36-11-12-37(60)56-43(36)63)42(62)53-15-5-16-57-23-32(39-40(51)54-24-55-41(39)57)27-9-10-35-28(20-27)13-17-58(35)38(61)19-26-7-4-8-29(18-26)66-46(48,49)50/h4,7-10,18,20-25,36,52H,2-3,5-6,11-17,19H2,1H3,(H,53,62)(H2,51,54,55)(H,56,60,63). The van der Waals surface area contributed by atoms with Crippen molar-refractivity contribution in [3.63, 3.8) is 0 Å². The molecule has 16 nitrogen and oxygen atoms in total. The Balaban J connectivity index is 0.807. The molecule has 2 aromatic heterocycles. The number of unbranched alkanes of at least 4 members (excludes halogenated alkanes) is 1. The van der Waals surface area contributed by atoms with Crippen molar-refractivity contribution in [3.05, 3.63) is 95.2 Å². The van der Waals surface area contributed by atoms with Gasteiger partial charge in [-0.2, -0.15) is 0 Å². The van der Waals surface area contributed by atoms with E-state index in [0.717, 1.165) is 27.7 Å². The van der Waals surface area contributed by atoms with Crippen LogP contribution in [0.3, 0.4) is 0 Å². The monoisotopic (exact) mass is 911 g/mol. The second-order valence-electron chi connectivity index (χ2n) is 16.5. The highest BCUT2D eigenvalue weighted by Gasteiger charge is 2.45. The minimum Gasteiger partial charge on any atom is -0.406 e. The maximum absolute atomic E-state index is 15.0. The number of nitrogens with two attached hydrogens (primary N) is 1. The molecule has 0 saturated carbocycles. The number of rotatable bonds is 16. The average molecular weight is 912 g/mol. The van der Waals surface area contributed by atoms with E-state index in [1.807, 2.05) is 35.9 Å². The molecule has 3 aliphatic rings. The Bertz CT molecular complexity index is 2780. The number of aromatic nitrogens is 3. The molecule has 5 aromatic rings. The van der Waals surface area contributed by atoms with Crippen molar-refractivity contribution in [2.45, 2.75) is 77.2 Å². The molecule has 344 valence electrons. The van der Waals surface area contributed by atoms with E-state index in [2.05, 4.69) is 30.7 Å². The fraction of sp³-hybridized carbons (Fsp3) is 0.348. The lowest BCUT2D eigenvalue weighted by Crippen LogP contribution is -2.54. The Morgan fingerprint density at radius 3 is 2.52 bits per heavy atom. The van der Waals surface area contributed by atoms with Crippen LogP contribution in [0.2, 0.25) is 0 Å². The van der Waals surface area contributed by atoms with Crippen LogP contribution in [0.4, 0.5) is 34.8 Å². The zero-order valence-corrected chi connectivity index (χ0v) is 35.7. The van der Waals surface area contributed by atoms with E-state index in [-0.39, 0.29) is 53.8 Å². The molecule has 20 heteroatoms. The minimum absolute atomic E-state index is 0.00704. The van der Waals surface area contributed by atoms with Crippen LogP contribution in [0.15, 0.2) is 67.1 Å². The number of fused-ring (bicyclic) bond motifs is 3. The van der Waals surface area contributed by atoms with Gasteiger partial charge in [-0.25, -0.2) is 14.4 Å². The Morgan fingerprint density at radius 2 is 1.74 bits per heavy atom. The Kier molecular flexibility index (Phi) is 12.7. The van der Waals surface area contributed by atoms with Gasteiger partial charge in [-0.05, 0) is 85.2 Å². The second-order valence-corrected chi connectivity index (χ2v) is 16.5. The normalized spacial score (nSPS) is 16.3. The lowest BCUT2D eigenvalue weighted by atomic mass is 10.0. The Labute approximate surface area is 374 Å². The largest absolute Gasteiger partial charge is 0.573 e. The average Bonchev–Trinajstić information content (AvgIpc) is 3.94. The molecule has 3 aromatic carbocycles. The summed E-state index contributed by atoms with van der Waals surface area (Å²) in [6.45, 7) is 3.46. The van der Waals surface area contributed by atoms with E-state index >= 15 is 4.39 Å². The summed E-state index contributed by atoms with van der Waals surface area (Å²) in [6.07, 6.45) is 1.29. The van der Waals surface area contributed by atoms with Gasteiger partial charge in [0, 0.05) is 56.0 Å². The predicted molar refractivity (Wildman–Crippen MR) is 232 cm³/mol. The van der Waals surface area contributed by atoms with Gasteiger partial charge in [-0.15, -0.1) is 13.2 Å². The van der Waals surface area contributed by atoms with Gasteiger partial charge in [0.15, 0.2) is 0 Å². The SMILES string of the molecule is CC(CCCCNc1cc2c(cc1F)C(=O)N(C1CCC(=O)NC1=O)C2=O)C(=O)NCCCn1cc(-c2ccc3c(c2)CCN3C(=O)Cc2cccc(OC(F)(F)F)c2)c2c(N)ncnc21. The van der Waals surface area contributed by atoms with Crippen LogP contribution in [-0.4, -0.2) is 86.9 Å². The minimum atomic E-state index is -4.84. The first-order valence-electron chi connectivity index (χ1n) is 21.5. The Morgan fingerprint density at radius 1 is 0.955 bits per heavy atom. The van der Waals surface area contributed by atoms with Crippen LogP contribution >= 0.6 is 0 Å². The number of ether oxygens (including phenoxy) is 1. The highest BCUT2D eigenvalue weighted by atomic mass is 19.4. The Hall–Kier alpha value is -7.38. The molecular weight excluding hydrogens is 867 g/mol. The molecule has 0 aliphatic carbocycles. The van der Waals surface area contributed by atoms with Crippen molar-refractivity contribution in [2.24, 2.45) is 5.92 Å². The molecule has 3 aliphatic heterocycles. The van der Waals surface area contributed by atoms with E-state index in [0.29, 0.717) is 86.4 Å². The summed E-state index contributed by atoms with van der Waals surface area (Å²) in [4.78, 5) is 87.5. The van der Waals surface area contributed by atoms with Crippen LogP contribution in [0.1, 0.15) is 77.3 Å². The predicted octanol–water partition coefficient (Wildman–Crippen LogP) is 5.68. The fourth-order valence-electron chi connectivity index (χ4n) is 8.68. The lowest BCUT2D eigenvalue weighted by molar-refractivity contribution is -0.274. The van der Waals surface area contributed by atoms with Crippen LogP contribution in [0.5, 0.6) is 5.75 Å². The zero-order chi connectivity index (χ0) is 46.9. The number of nitrogens with one attached hydrogen (secondary N) is 3. The quantitative estimate of drug-likeness (QED) is 0.0538. The van der Waals surface area contributed by atoms with Crippen LogP contribution < -0.4 is 31.3 Å². The second kappa shape index (κ2) is 18.6. The third-order valence-corrected chi connectivity index (χ3v) is 12.0. The summed E-state index contributed by atoms with van der Waals surface area (Å²) in [5.41, 5.74) is 10.5. The number of hydrogen-bond donors (Lipinski definition) is 4. The molecule has 8 rings (SSSR count). The van der Waals surface area contributed by atoms with Gasteiger partial charge in [0.05, 0.1) is 28.6 Å². The molecular formula is C46H45F4N9O7. The number of nitrogens with zero attached hydrogens (tertiary/aromatic N) is 5. The molecule has 1 fully saturated rings. The van der Waals surface area contributed by atoms with Crippen LogP contribution in [0, 0.1) is 11.7 Å². The number of alkyl halides is 3. The van der Waals surface area contributed by atoms with Gasteiger partial charge in [0.1, 0.15) is 35.4 Å². The third-order valence-electron chi connectivity index (χ3n) is 12.0. The highest BCUT2D eigenvalue weighted by molar-refractivity contribution is 6.23. The number of anilines is 3. The zero-order valence-electron chi connectivity index (χ0n) is 35.7. The summed E-state index contributed by atoms with van der Waals surface area (Å²) in [5.74, 6) is -4.26. The first-order valence-corrected chi connectivity index (χ1v) is 21.5. The highest BCUT2D eigenvalue weighted by Crippen LogP contribution is 2.38. The van der Waals surface area contributed by atoms with Gasteiger partial charge in [-0.1, -0.05) is 31.5 Å². The van der Waals surface area contributed by atoms with Crippen molar-refractivity contribution in [2.75, 3.05) is 35.6 Å². The molecule has 66 heavy (non-hydrogen) atoms. The van der Waals surface area contributed by atoms with Gasteiger partial charge < -0.3 is 30.6 Å². The molecule has 0 spiro atoms. The lowest BCUT2D eigenvalue weighted by Gasteiger charge is -2.27. The number of nitrogen functional groups attached to an aromatic ring is 1. The number of carbonyl (C=O) groups is 6. The van der Waals surface area contributed by atoms with Crippen LogP contribution in [-0.2, 0) is 38.6 Å². The summed E-state index contributed by atoms with van der Waals surface area (Å²) in [7, 11) is 0. The molecule has 0 bridgehead atoms. The summed E-state index contributed by atoms with van der Waals surface area (Å²) < 4.78 is 59.2. The van der Waals surface area contributed by atoms with E-state index in [1.165, 1.54) is 30.6 Å². The number of amides is 6. The number of hydrogen-bond acceptors (Lipinski definition) is 11. The van der Waals surface area contributed by atoms with Gasteiger partial charge >= 0.3 is 6.36 Å². The maximum atomic E-state index is 15.0. The third kappa shape index (κ3) is 9.52.